The second-order valence-corrected chi connectivity index (χ2v) is 16.6. The molecule has 1 aromatic carbocycles. The fourth-order valence-electron chi connectivity index (χ4n) is 6.48. The summed E-state index contributed by atoms with van der Waals surface area (Å²) in [5, 5.41) is 9.14. The third kappa shape index (κ3) is 14.5. The number of aromatic nitrogens is 7. The number of carbonyl (C=O) groups excluding carboxylic acids is 3. The molecule has 68 heavy (non-hydrogen) atoms. The first-order valence-electron chi connectivity index (χ1n) is 20.9. The quantitative estimate of drug-likeness (QED) is 0.0262. The maximum Gasteiger partial charge on any atom is 2.00 e. The van der Waals surface area contributed by atoms with Gasteiger partial charge in [-0.1, -0.05) is 52.7 Å². The van der Waals surface area contributed by atoms with Gasteiger partial charge in [-0.25, -0.2) is 4.98 Å². The zero-order valence-electron chi connectivity index (χ0n) is 37.2. The molecule has 0 bridgehead atoms. The van der Waals surface area contributed by atoms with Gasteiger partial charge in [0.25, 0.3) is 19.4 Å². The van der Waals surface area contributed by atoms with Crippen molar-refractivity contribution in [1.82, 2.24) is 35.1 Å². The Morgan fingerprint density at radius 3 is 1.91 bits per heavy atom. The maximum atomic E-state index is 13.2. The molecule has 18 heteroatoms. The fourth-order valence-corrected chi connectivity index (χ4v) is 7.39. The van der Waals surface area contributed by atoms with Crippen molar-refractivity contribution in [2.24, 2.45) is 0 Å². The summed E-state index contributed by atoms with van der Waals surface area (Å²) in [5.41, 5.74) is 6.26. The van der Waals surface area contributed by atoms with Crippen molar-refractivity contribution in [2.75, 3.05) is 0 Å². The summed E-state index contributed by atoms with van der Waals surface area (Å²) < 4.78 is 53.7. The molecular weight excluding hydrogens is 985 g/mol. The summed E-state index contributed by atoms with van der Waals surface area (Å²) in [6, 6.07) is 23.9. The molecule has 0 N–H and O–H groups in total. The van der Waals surface area contributed by atoms with Gasteiger partial charge in [-0.05, 0) is 94.9 Å². The van der Waals surface area contributed by atoms with Gasteiger partial charge in [0.1, 0.15) is 11.4 Å². The van der Waals surface area contributed by atoms with Gasteiger partial charge in [0.15, 0.2) is 0 Å². The van der Waals surface area contributed by atoms with Crippen LogP contribution in [0, 0.1) is 6.07 Å². The van der Waals surface area contributed by atoms with Crippen molar-refractivity contribution in [3.63, 3.8) is 0 Å². The number of hydrogen-bond acceptors (Lipinski definition) is 13. The standard InChI is InChI=1S/C28H29F3N4S.C22H15N3O6.Ru/c1-5-6-7-8-9-18-14-15-36-25(18)23-16-21(22-17-24(35-34-22)28(29,30)31)32-26(33-23)19-10-12-20(13-11-19)27(2,3)4;26-13-29-7-3-16-1-5-23-19(9-16)21-11-18(31-15-28)12-22(25-21)20-10-17(2-6-24-20)4-8-30-14-27;/h10,12-17H,5-9H2,1-4H3;1-15H;/q-2;;+2/b;7-3+,8-4+;. The average Bonchev–Trinajstić information content (AvgIpc) is 4.03. The number of hydrogen-bond donors (Lipinski definition) is 0. The number of alkyl halides is 3. The van der Waals surface area contributed by atoms with Crippen molar-refractivity contribution in [3.05, 3.63) is 137 Å². The first-order valence-corrected chi connectivity index (χ1v) is 21.8. The van der Waals surface area contributed by atoms with Crippen LogP contribution in [0.4, 0.5) is 13.2 Å². The van der Waals surface area contributed by atoms with E-state index in [0.29, 0.717) is 65.0 Å². The molecule has 0 saturated carbocycles. The first-order chi connectivity index (χ1) is 32.3. The molecule has 6 aromatic heterocycles. The Balaban J connectivity index is 0.000000253. The SMILES string of the molecule is CCCCCCc1ccsc1-c1cc(-c2cc(C(F)(F)F)n[n-]2)nc(-c2[c-]cc(C(C)(C)C)cc2)n1.O=CO/C=C/c1ccnc(-c2cc(OC=O)cc(-c3cc(/C=C/OC=O)ccn3)n2)c1.[Ru+2]. The van der Waals surface area contributed by atoms with Gasteiger partial charge in [0.05, 0.1) is 51.7 Å². The number of unbranched alkanes of at least 4 members (excludes halogenated alkanes) is 3. The second-order valence-electron chi connectivity index (χ2n) is 15.7. The van der Waals surface area contributed by atoms with E-state index >= 15 is 0 Å². The Morgan fingerprint density at radius 2 is 1.37 bits per heavy atom. The van der Waals surface area contributed by atoms with E-state index in [-0.39, 0.29) is 36.3 Å². The molecular formula is C50H44F3N7O6RuS. The maximum absolute atomic E-state index is 13.2. The monoisotopic (exact) mass is 1030 g/mol. The number of aryl methyl sites for hydroxylation is 1. The van der Waals surface area contributed by atoms with Gasteiger partial charge < -0.3 is 24.4 Å². The Kier molecular flexibility index (Phi) is 18.8. The van der Waals surface area contributed by atoms with Crippen molar-refractivity contribution in [1.29, 1.82) is 0 Å². The van der Waals surface area contributed by atoms with E-state index in [2.05, 4.69) is 79.4 Å². The van der Waals surface area contributed by atoms with Crippen LogP contribution in [0.25, 0.3) is 68.3 Å². The average molecular weight is 1030 g/mol. The minimum absolute atomic E-state index is 0. The molecule has 0 saturated heterocycles. The van der Waals surface area contributed by atoms with Gasteiger partial charge in [-0.2, -0.15) is 13.2 Å². The zero-order valence-corrected chi connectivity index (χ0v) is 39.8. The van der Waals surface area contributed by atoms with Crippen LogP contribution in [0.1, 0.15) is 81.3 Å². The van der Waals surface area contributed by atoms with E-state index in [0.717, 1.165) is 46.9 Å². The summed E-state index contributed by atoms with van der Waals surface area (Å²) in [6.45, 7) is 9.49. The summed E-state index contributed by atoms with van der Waals surface area (Å²) in [5.74, 6) is 0.652. The summed E-state index contributed by atoms with van der Waals surface area (Å²) in [4.78, 5) is 55.1. The van der Waals surface area contributed by atoms with Gasteiger partial charge in [-0.3, -0.25) is 34.3 Å². The molecule has 0 unspecified atom stereocenters. The van der Waals surface area contributed by atoms with E-state index < -0.39 is 11.9 Å². The molecule has 0 fully saturated rings. The number of nitrogens with zero attached hydrogens (tertiary/aromatic N) is 7. The predicted octanol–water partition coefficient (Wildman–Crippen LogP) is 11.2. The smallest absolute Gasteiger partial charge is 0.573 e. The number of ether oxygens (including phenoxy) is 3. The summed E-state index contributed by atoms with van der Waals surface area (Å²) in [6.07, 6.45) is 9.76. The molecule has 7 aromatic rings. The molecule has 7 rings (SSSR count). The number of rotatable bonds is 18. The number of carbonyl (C=O) groups is 3. The van der Waals surface area contributed by atoms with Crippen LogP contribution in [0.5, 0.6) is 5.75 Å². The van der Waals surface area contributed by atoms with Gasteiger partial charge in [0, 0.05) is 30.2 Å². The number of halogens is 3. The summed E-state index contributed by atoms with van der Waals surface area (Å²) >= 11 is 1.57. The van der Waals surface area contributed by atoms with E-state index in [9.17, 15) is 27.6 Å². The van der Waals surface area contributed by atoms with Gasteiger partial charge in [-0.15, -0.1) is 46.7 Å². The van der Waals surface area contributed by atoms with E-state index in [1.807, 2.05) is 23.6 Å². The number of benzene rings is 1. The molecule has 0 aliphatic rings. The van der Waals surface area contributed by atoms with Gasteiger partial charge >= 0.3 is 25.7 Å². The van der Waals surface area contributed by atoms with Crippen LogP contribution in [0.2, 0.25) is 0 Å². The van der Waals surface area contributed by atoms with Crippen molar-refractivity contribution >= 4 is 42.9 Å². The van der Waals surface area contributed by atoms with Crippen molar-refractivity contribution in [2.45, 2.75) is 71.4 Å². The van der Waals surface area contributed by atoms with E-state index in [1.54, 1.807) is 78.3 Å². The van der Waals surface area contributed by atoms with Crippen LogP contribution in [0.3, 0.4) is 0 Å². The Morgan fingerprint density at radius 1 is 0.721 bits per heavy atom. The Hall–Kier alpha value is -7.04. The molecule has 0 aliphatic heterocycles. The minimum Gasteiger partial charge on any atom is -0.573 e. The van der Waals surface area contributed by atoms with Crippen LogP contribution in [0.15, 0.2) is 103 Å². The zero-order chi connectivity index (χ0) is 47.8. The largest absolute Gasteiger partial charge is 2.00 e. The topological polar surface area (TPSA) is 170 Å². The number of pyridine rings is 3. The predicted molar refractivity (Wildman–Crippen MR) is 247 cm³/mol. The van der Waals surface area contributed by atoms with Crippen LogP contribution < -0.4 is 9.84 Å². The fraction of sp³-hybridized carbons (Fsp3) is 0.220. The molecule has 0 atom stereocenters. The third-order valence-electron chi connectivity index (χ3n) is 9.88. The van der Waals surface area contributed by atoms with E-state index in [1.165, 1.54) is 30.9 Å². The van der Waals surface area contributed by atoms with Crippen LogP contribution >= 0.6 is 11.3 Å². The van der Waals surface area contributed by atoms with Crippen molar-refractivity contribution < 1.29 is 61.2 Å². The molecule has 0 aliphatic carbocycles. The molecule has 6 heterocycles. The number of thiophene rings is 1. The first kappa shape index (κ1) is 51.9. The van der Waals surface area contributed by atoms with Crippen molar-refractivity contribution in [3.8, 4) is 61.9 Å². The van der Waals surface area contributed by atoms with Crippen LogP contribution in [-0.4, -0.2) is 49.4 Å². The van der Waals surface area contributed by atoms with E-state index in [4.69, 9.17) is 9.72 Å². The molecule has 350 valence electrons. The van der Waals surface area contributed by atoms with Crippen LogP contribution in [-0.2, 0) is 61.3 Å². The normalized spacial score (nSPS) is 11.4. The third-order valence-corrected chi connectivity index (χ3v) is 10.9. The molecule has 13 nitrogen and oxygen atoms in total. The molecule has 0 spiro atoms. The van der Waals surface area contributed by atoms with Gasteiger partial charge in [0.2, 0.25) is 0 Å². The Labute approximate surface area is 407 Å². The molecule has 0 radical (unpaired) electrons. The molecule has 0 amide bonds. The second kappa shape index (κ2) is 24.7. The minimum atomic E-state index is -4.57. The summed E-state index contributed by atoms with van der Waals surface area (Å²) in [7, 11) is 0. The Bertz CT molecular complexity index is 2760.